The number of pyridine rings is 1. The number of piperidine rings is 1. The molecule has 0 unspecified atom stereocenters. The van der Waals surface area contributed by atoms with Crippen LogP contribution in [0.4, 0.5) is 0 Å². The van der Waals surface area contributed by atoms with Gasteiger partial charge in [0.05, 0.1) is 12.2 Å². The molecule has 0 radical (unpaired) electrons. The number of likely N-dealkylation sites (tertiary alicyclic amines) is 1. The van der Waals surface area contributed by atoms with Gasteiger partial charge in [-0.1, -0.05) is 13.0 Å². The lowest BCUT2D eigenvalue weighted by atomic mass is 10.00. The van der Waals surface area contributed by atoms with Crippen LogP contribution in [0.15, 0.2) is 29.4 Å². The van der Waals surface area contributed by atoms with Gasteiger partial charge >= 0.3 is 0 Å². The predicted molar refractivity (Wildman–Crippen MR) is 121 cm³/mol. The number of nitrogens with zero attached hydrogens (tertiary/aromatic N) is 5. The topological polar surface area (TPSA) is 58.3 Å². The fourth-order valence-corrected chi connectivity index (χ4v) is 3.31. The zero-order valence-corrected chi connectivity index (χ0v) is 19.1. The molecular weight excluding hydrogens is 451 g/mol. The molecule has 6 nitrogen and oxygen atoms in total. The first-order valence-corrected chi connectivity index (χ1v) is 9.58. The highest BCUT2D eigenvalue weighted by Crippen LogP contribution is 2.16. The molecule has 148 valence electrons. The zero-order chi connectivity index (χ0) is 18.5. The number of guanidine groups is 1. The molecule has 1 aliphatic heterocycles. The summed E-state index contributed by atoms with van der Waals surface area (Å²) in [6.07, 6.45) is 4.38. The summed E-state index contributed by atoms with van der Waals surface area (Å²) in [7, 11) is 0. The van der Waals surface area contributed by atoms with Gasteiger partial charge in [0, 0.05) is 31.5 Å². The monoisotopic (exact) mass is 482 g/mol. The van der Waals surface area contributed by atoms with Crippen LogP contribution < -0.4 is 5.32 Å². The molecule has 2 aromatic rings. The van der Waals surface area contributed by atoms with Crippen molar-refractivity contribution in [3.8, 4) is 5.82 Å². The summed E-state index contributed by atoms with van der Waals surface area (Å²) < 4.78 is 1.88. The summed E-state index contributed by atoms with van der Waals surface area (Å²) in [5.41, 5.74) is 3.20. The molecular formula is C20H31IN6. The Morgan fingerprint density at radius 1 is 1.26 bits per heavy atom. The molecule has 3 heterocycles. The van der Waals surface area contributed by atoms with Gasteiger partial charge < -0.3 is 10.2 Å². The fourth-order valence-electron chi connectivity index (χ4n) is 3.31. The number of aliphatic imine (C=N–C) groups is 1. The molecule has 0 aliphatic carbocycles. The Balaban J connectivity index is 0.00000261. The van der Waals surface area contributed by atoms with Crippen LogP contribution in [0, 0.1) is 19.8 Å². The highest BCUT2D eigenvalue weighted by molar-refractivity contribution is 14.0. The quantitative estimate of drug-likeness (QED) is 0.410. The van der Waals surface area contributed by atoms with Crippen LogP contribution in [0.3, 0.4) is 0 Å². The van der Waals surface area contributed by atoms with E-state index in [4.69, 9.17) is 4.99 Å². The minimum absolute atomic E-state index is 0. The van der Waals surface area contributed by atoms with Crippen LogP contribution in [-0.2, 0) is 6.54 Å². The molecule has 1 saturated heterocycles. The van der Waals surface area contributed by atoms with Crippen molar-refractivity contribution in [1.29, 1.82) is 0 Å². The van der Waals surface area contributed by atoms with Crippen molar-refractivity contribution >= 4 is 29.9 Å². The summed E-state index contributed by atoms with van der Waals surface area (Å²) in [6, 6.07) is 6.16. The van der Waals surface area contributed by atoms with Crippen LogP contribution in [0.25, 0.3) is 5.82 Å². The van der Waals surface area contributed by atoms with Gasteiger partial charge in [-0.25, -0.2) is 14.7 Å². The van der Waals surface area contributed by atoms with Crippen LogP contribution in [0.2, 0.25) is 0 Å². The van der Waals surface area contributed by atoms with Gasteiger partial charge in [0.1, 0.15) is 0 Å². The first kappa shape index (κ1) is 21.7. The van der Waals surface area contributed by atoms with Gasteiger partial charge in [0.15, 0.2) is 11.8 Å². The summed E-state index contributed by atoms with van der Waals surface area (Å²) in [5, 5.41) is 7.91. The van der Waals surface area contributed by atoms with Gasteiger partial charge in [0.25, 0.3) is 0 Å². The van der Waals surface area contributed by atoms with Crippen LogP contribution in [0.1, 0.15) is 43.6 Å². The molecule has 0 amide bonds. The maximum Gasteiger partial charge on any atom is 0.194 e. The molecule has 1 aliphatic rings. The van der Waals surface area contributed by atoms with Crippen LogP contribution in [0.5, 0.6) is 0 Å². The maximum absolute atomic E-state index is 4.83. The number of hydrogen-bond acceptors (Lipinski definition) is 3. The first-order chi connectivity index (χ1) is 12.6. The Morgan fingerprint density at radius 3 is 2.56 bits per heavy atom. The third-order valence-electron chi connectivity index (χ3n) is 4.87. The van der Waals surface area contributed by atoms with E-state index in [0.29, 0.717) is 6.54 Å². The van der Waals surface area contributed by atoms with Crippen molar-refractivity contribution in [1.82, 2.24) is 25.0 Å². The average Bonchev–Trinajstić information content (AvgIpc) is 2.98. The second kappa shape index (κ2) is 10.1. The largest absolute Gasteiger partial charge is 0.357 e. The molecule has 1 N–H and O–H groups in total. The van der Waals surface area contributed by atoms with E-state index in [-0.39, 0.29) is 24.0 Å². The van der Waals surface area contributed by atoms with Gasteiger partial charge in [-0.2, -0.15) is 5.10 Å². The SMILES string of the molecule is CCNC(=NCc1ccc(-n2nc(C)cc2C)nc1)N1CCC(C)CC1.I. The highest BCUT2D eigenvalue weighted by Gasteiger charge is 2.18. The molecule has 0 bridgehead atoms. The van der Waals surface area contributed by atoms with E-state index in [2.05, 4.69) is 46.3 Å². The highest BCUT2D eigenvalue weighted by atomic mass is 127. The van der Waals surface area contributed by atoms with Crippen molar-refractivity contribution in [3.63, 3.8) is 0 Å². The molecule has 0 aromatic carbocycles. The Kier molecular flexibility index (Phi) is 8.07. The molecule has 27 heavy (non-hydrogen) atoms. The molecule has 0 atom stereocenters. The minimum Gasteiger partial charge on any atom is -0.357 e. The number of rotatable bonds is 4. The number of nitrogens with one attached hydrogen (secondary N) is 1. The lowest BCUT2D eigenvalue weighted by molar-refractivity contribution is 0.273. The van der Waals surface area contributed by atoms with Crippen molar-refractivity contribution < 1.29 is 0 Å². The zero-order valence-electron chi connectivity index (χ0n) is 16.8. The molecule has 0 saturated carbocycles. The number of aromatic nitrogens is 3. The van der Waals surface area contributed by atoms with E-state index in [0.717, 1.165) is 54.3 Å². The Hall–Kier alpha value is -1.64. The van der Waals surface area contributed by atoms with Crippen molar-refractivity contribution in [2.24, 2.45) is 10.9 Å². The minimum atomic E-state index is 0. The summed E-state index contributed by atoms with van der Waals surface area (Å²) in [5.74, 6) is 2.68. The lowest BCUT2D eigenvalue weighted by Crippen LogP contribution is -2.45. The summed E-state index contributed by atoms with van der Waals surface area (Å²) in [6.45, 7) is 12.2. The number of aryl methyl sites for hydroxylation is 2. The maximum atomic E-state index is 4.83. The molecule has 0 spiro atoms. The Labute approximate surface area is 179 Å². The third-order valence-corrected chi connectivity index (χ3v) is 4.87. The van der Waals surface area contributed by atoms with E-state index in [1.54, 1.807) is 0 Å². The standard InChI is InChI=1S/C20H30N6.HI/c1-5-21-20(25-10-8-15(2)9-11-25)23-14-18-6-7-19(22-13-18)26-17(4)12-16(3)24-26;/h6-7,12-13,15H,5,8-11,14H2,1-4H3,(H,21,23);1H. The fraction of sp³-hybridized carbons (Fsp3) is 0.550. The number of hydrogen-bond donors (Lipinski definition) is 1. The molecule has 7 heteroatoms. The van der Waals surface area contributed by atoms with Gasteiger partial charge in [-0.3, -0.25) is 0 Å². The molecule has 3 rings (SSSR count). The summed E-state index contributed by atoms with van der Waals surface area (Å²) >= 11 is 0. The molecule has 2 aromatic heterocycles. The number of halogens is 1. The van der Waals surface area contributed by atoms with Crippen LogP contribution >= 0.6 is 24.0 Å². The van der Waals surface area contributed by atoms with Gasteiger partial charge in [-0.05, 0) is 57.2 Å². The van der Waals surface area contributed by atoms with Crippen molar-refractivity contribution in [3.05, 3.63) is 41.3 Å². The third kappa shape index (κ3) is 5.67. The predicted octanol–water partition coefficient (Wildman–Crippen LogP) is 3.70. The van der Waals surface area contributed by atoms with Crippen LogP contribution in [-0.4, -0.2) is 45.3 Å². The van der Waals surface area contributed by atoms with Gasteiger partial charge in [-0.15, -0.1) is 24.0 Å². The van der Waals surface area contributed by atoms with E-state index in [1.165, 1.54) is 12.8 Å². The Bertz CT molecular complexity index is 744. The van der Waals surface area contributed by atoms with Gasteiger partial charge in [0.2, 0.25) is 0 Å². The summed E-state index contributed by atoms with van der Waals surface area (Å²) in [4.78, 5) is 11.8. The van der Waals surface area contributed by atoms with E-state index < -0.39 is 0 Å². The van der Waals surface area contributed by atoms with E-state index in [1.807, 2.05) is 30.8 Å². The second-order valence-corrected chi connectivity index (χ2v) is 7.20. The average molecular weight is 482 g/mol. The smallest absolute Gasteiger partial charge is 0.194 e. The van der Waals surface area contributed by atoms with Crippen molar-refractivity contribution in [2.45, 2.75) is 47.1 Å². The van der Waals surface area contributed by atoms with Crippen molar-refractivity contribution in [2.75, 3.05) is 19.6 Å². The Morgan fingerprint density at radius 2 is 2.00 bits per heavy atom. The second-order valence-electron chi connectivity index (χ2n) is 7.20. The van der Waals surface area contributed by atoms with E-state index >= 15 is 0 Å². The molecule has 1 fully saturated rings. The lowest BCUT2D eigenvalue weighted by Gasteiger charge is -2.33. The first-order valence-electron chi connectivity index (χ1n) is 9.58. The van der Waals surface area contributed by atoms with E-state index in [9.17, 15) is 0 Å². The normalized spacial score (nSPS) is 15.6.